The first-order valence-electron chi connectivity index (χ1n) is 10.3. The zero-order chi connectivity index (χ0) is 19.2. The van der Waals surface area contributed by atoms with E-state index in [1.165, 1.54) is 25.9 Å². The van der Waals surface area contributed by atoms with E-state index in [1.807, 2.05) is 20.8 Å². The van der Waals surface area contributed by atoms with Crippen molar-refractivity contribution in [3.8, 4) is 0 Å². The number of rotatable bonds is 6. The monoisotopic (exact) mass is 367 g/mol. The Morgan fingerprint density at radius 2 is 1.77 bits per heavy atom. The number of hydrogen-bond donors (Lipinski definition) is 1. The number of carbonyl (C=O) groups is 2. The SMILES string of the molecule is CC1CCN(CCCCNC(=O)C2CCCN2C(=O)OC(C)(C)C)CC1. The molecule has 2 aliphatic rings. The van der Waals surface area contributed by atoms with Gasteiger partial charge < -0.3 is 15.0 Å². The van der Waals surface area contributed by atoms with Gasteiger partial charge in [-0.25, -0.2) is 4.79 Å². The number of hydrogen-bond acceptors (Lipinski definition) is 4. The molecular formula is C20H37N3O3. The van der Waals surface area contributed by atoms with Crippen LogP contribution in [0, 0.1) is 5.92 Å². The van der Waals surface area contributed by atoms with Crippen LogP contribution in [0.5, 0.6) is 0 Å². The van der Waals surface area contributed by atoms with Crippen LogP contribution >= 0.6 is 0 Å². The third kappa shape index (κ3) is 6.78. The molecule has 1 atom stereocenters. The van der Waals surface area contributed by atoms with Gasteiger partial charge in [0.25, 0.3) is 0 Å². The normalized spacial score (nSPS) is 22.5. The summed E-state index contributed by atoms with van der Waals surface area (Å²) < 4.78 is 5.42. The zero-order valence-corrected chi connectivity index (χ0v) is 17.1. The van der Waals surface area contributed by atoms with E-state index >= 15 is 0 Å². The molecule has 2 fully saturated rings. The van der Waals surface area contributed by atoms with Crippen molar-refractivity contribution in [2.45, 2.75) is 77.9 Å². The Morgan fingerprint density at radius 1 is 1.08 bits per heavy atom. The molecule has 0 bridgehead atoms. The average molecular weight is 368 g/mol. The lowest BCUT2D eigenvalue weighted by Gasteiger charge is -2.30. The zero-order valence-electron chi connectivity index (χ0n) is 17.1. The Balaban J connectivity index is 1.64. The molecule has 6 nitrogen and oxygen atoms in total. The fourth-order valence-corrected chi connectivity index (χ4v) is 3.65. The van der Waals surface area contributed by atoms with Gasteiger partial charge in [-0.2, -0.15) is 0 Å². The highest BCUT2D eigenvalue weighted by molar-refractivity contribution is 5.86. The largest absolute Gasteiger partial charge is 0.444 e. The Bertz CT molecular complexity index is 467. The third-order valence-corrected chi connectivity index (χ3v) is 5.26. The lowest BCUT2D eigenvalue weighted by molar-refractivity contribution is -0.125. The van der Waals surface area contributed by atoms with Crippen LogP contribution in [0.4, 0.5) is 4.79 Å². The summed E-state index contributed by atoms with van der Waals surface area (Å²) in [4.78, 5) is 28.8. The fourth-order valence-electron chi connectivity index (χ4n) is 3.65. The van der Waals surface area contributed by atoms with Crippen LogP contribution in [-0.4, -0.2) is 66.2 Å². The summed E-state index contributed by atoms with van der Waals surface area (Å²) >= 11 is 0. The van der Waals surface area contributed by atoms with Gasteiger partial charge in [-0.3, -0.25) is 9.69 Å². The van der Waals surface area contributed by atoms with Crippen LogP contribution in [0.25, 0.3) is 0 Å². The maximum atomic E-state index is 12.5. The van der Waals surface area contributed by atoms with Gasteiger partial charge in [0, 0.05) is 13.1 Å². The lowest BCUT2D eigenvalue weighted by Crippen LogP contribution is -2.47. The van der Waals surface area contributed by atoms with Crippen LogP contribution in [-0.2, 0) is 9.53 Å². The molecule has 1 unspecified atom stereocenters. The quantitative estimate of drug-likeness (QED) is 0.733. The topological polar surface area (TPSA) is 61.9 Å². The van der Waals surface area contributed by atoms with Crippen molar-refractivity contribution in [3.63, 3.8) is 0 Å². The minimum Gasteiger partial charge on any atom is -0.444 e. The van der Waals surface area contributed by atoms with Crippen molar-refractivity contribution in [1.82, 2.24) is 15.1 Å². The van der Waals surface area contributed by atoms with E-state index < -0.39 is 5.60 Å². The first-order valence-corrected chi connectivity index (χ1v) is 10.3. The van der Waals surface area contributed by atoms with Crippen LogP contribution in [0.2, 0.25) is 0 Å². The molecule has 0 aromatic carbocycles. The molecule has 6 heteroatoms. The molecule has 0 aromatic rings. The molecule has 150 valence electrons. The highest BCUT2D eigenvalue weighted by Gasteiger charge is 2.36. The van der Waals surface area contributed by atoms with Crippen molar-refractivity contribution in [1.29, 1.82) is 0 Å². The Hall–Kier alpha value is -1.30. The standard InChI is InChI=1S/C20H37N3O3/c1-16-9-14-22(15-10-16)12-6-5-11-21-18(24)17-8-7-13-23(17)19(25)26-20(2,3)4/h16-17H,5-15H2,1-4H3,(H,21,24). The van der Waals surface area contributed by atoms with Gasteiger partial charge in [0.15, 0.2) is 0 Å². The van der Waals surface area contributed by atoms with Crippen molar-refractivity contribution < 1.29 is 14.3 Å². The number of ether oxygens (including phenoxy) is 1. The molecule has 1 N–H and O–H groups in total. The molecular weight excluding hydrogens is 330 g/mol. The van der Waals surface area contributed by atoms with Crippen molar-refractivity contribution in [2.24, 2.45) is 5.92 Å². The molecule has 0 saturated carbocycles. The van der Waals surface area contributed by atoms with Crippen molar-refractivity contribution in [2.75, 3.05) is 32.7 Å². The van der Waals surface area contributed by atoms with Gasteiger partial charge in [0.05, 0.1) is 0 Å². The van der Waals surface area contributed by atoms with E-state index in [9.17, 15) is 9.59 Å². The summed E-state index contributed by atoms with van der Waals surface area (Å²) in [5.74, 6) is 0.824. The Morgan fingerprint density at radius 3 is 2.42 bits per heavy atom. The minimum absolute atomic E-state index is 0.0415. The van der Waals surface area contributed by atoms with Gasteiger partial charge in [-0.1, -0.05) is 6.92 Å². The number of amides is 2. The summed E-state index contributed by atoms with van der Waals surface area (Å²) in [5.41, 5.74) is -0.535. The van der Waals surface area contributed by atoms with Gasteiger partial charge >= 0.3 is 6.09 Å². The first kappa shape index (κ1) is 21.0. The second-order valence-electron chi connectivity index (χ2n) is 8.85. The molecule has 0 aliphatic carbocycles. The summed E-state index contributed by atoms with van der Waals surface area (Å²) in [6.45, 7) is 12.7. The van der Waals surface area contributed by atoms with Crippen LogP contribution in [0.1, 0.15) is 66.2 Å². The molecule has 0 spiro atoms. The van der Waals surface area contributed by atoms with Crippen LogP contribution in [0.3, 0.4) is 0 Å². The molecule has 2 amide bonds. The van der Waals surface area contributed by atoms with E-state index in [0.29, 0.717) is 13.1 Å². The van der Waals surface area contributed by atoms with E-state index in [2.05, 4.69) is 17.1 Å². The molecule has 0 aromatic heterocycles. The number of piperidine rings is 1. The highest BCUT2D eigenvalue weighted by Crippen LogP contribution is 2.21. The lowest BCUT2D eigenvalue weighted by atomic mass is 9.99. The maximum Gasteiger partial charge on any atom is 0.410 e. The second kappa shape index (κ2) is 9.58. The van der Waals surface area contributed by atoms with E-state index in [1.54, 1.807) is 4.90 Å². The van der Waals surface area contributed by atoms with Crippen LogP contribution in [0.15, 0.2) is 0 Å². The van der Waals surface area contributed by atoms with Gasteiger partial charge in [0.2, 0.25) is 5.91 Å². The molecule has 2 aliphatic heterocycles. The molecule has 2 heterocycles. The molecule has 2 rings (SSSR count). The number of nitrogens with zero attached hydrogens (tertiary/aromatic N) is 2. The number of carbonyl (C=O) groups excluding carboxylic acids is 2. The van der Waals surface area contributed by atoms with E-state index in [4.69, 9.17) is 4.74 Å². The average Bonchev–Trinajstić information content (AvgIpc) is 3.04. The predicted molar refractivity (Wildman–Crippen MR) is 103 cm³/mol. The Labute approximate surface area is 158 Å². The minimum atomic E-state index is -0.535. The fraction of sp³-hybridized carbons (Fsp3) is 0.900. The van der Waals surface area contributed by atoms with Crippen molar-refractivity contribution >= 4 is 12.0 Å². The summed E-state index contributed by atoms with van der Waals surface area (Å²) in [6, 6.07) is -0.381. The predicted octanol–water partition coefficient (Wildman–Crippen LogP) is 3.01. The van der Waals surface area contributed by atoms with Gasteiger partial charge in [-0.15, -0.1) is 0 Å². The summed E-state index contributed by atoms with van der Waals surface area (Å²) in [5, 5.41) is 3.01. The smallest absolute Gasteiger partial charge is 0.410 e. The van der Waals surface area contributed by atoms with E-state index in [0.717, 1.165) is 38.1 Å². The number of unbranched alkanes of at least 4 members (excludes halogenated alkanes) is 1. The molecule has 0 radical (unpaired) electrons. The first-order chi connectivity index (χ1) is 12.3. The molecule has 26 heavy (non-hydrogen) atoms. The third-order valence-electron chi connectivity index (χ3n) is 5.26. The molecule has 2 saturated heterocycles. The van der Waals surface area contributed by atoms with Crippen LogP contribution < -0.4 is 5.32 Å². The number of likely N-dealkylation sites (tertiary alicyclic amines) is 2. The number of nitrogens with one attached hydrogen (secondary N) is 1. The summed E-state index contributed by atoms with van der Waals surface area (Å²) in [7, 11) is 0. The highest BCUT2D eigenvalue weighted by atomic mass is 16.6. The van der Waals surface area contributed by atoms with Crippen molar-refractivity contribution in [3.05, 3.63) is 0 Å². The Kier molecular flexibility index (Phi) is 7.74. The summed E-state index contributed by atoms with van der Waals surface area (Å²) in [6.07, 6.45) is 5.89. The maximum absolute atomic E-state index is 12.5. The second-order valence-corrected chi connectivity index (χ2v) is 8.85. The van der Waals surface area contributed by atoms with Gasteiger partial charge in [0.1, 0.15) is 11.6 Å². The van der Waals surface area contributed by atoms with E-state index in [-0.39, 0.29) is 18.0 Å². The van der Waals surface area contributed by atoms with Gasteiger partial charge in [-0.05, 0) is 84.8 Å².